The summed E-state index contributed by atoms with van der Waals surface area (Å²) in [5, 5.41) is 2.96. The molecule has 1 aliphatic heterocycles. The first-order valence-electron chi connectivity index (χ1n) is 6.08. The Morgan fingerprint density at radius 2 is 2.53 bits per heavy atom. The highest BCUT2D eigenvalue weighted by Crippen LogP contribution is 2.10. The van der Waals surface area contributed by atoms with Crippen molar-refractivity contribution < 1.29 is 9.53 Å². The number of carbonyl (C=O) groups is 1. The lowest BCUT2D eigenvalue weighted by Gasteiger charge is -2.09. The Morgan fingerprint density at radius 3 is 3.24 bits per heavy atom. The van der Waals surface area contributed by atoms with E-state index < -0.39 is 0 Å². The highest BCUT2D eigenvalue weighted by atomic mass is 16.5. The lowest BCUT2D eigenvalue weighted by atomic mass is 10.1. The maximum Gasteiger partial charge on any atom is 0.220 e. The Bertz CT molecular complexity index is 348. The largest absolute Gasteiger partial charge is 0.381 e. The molecule has 1 unspecified atom stereocenters. The molecule has 0 aliphatic carbocycles. The van der Waals surface area contributed by atoms with Crippen LogP contribution in [0, 0.1) is 5.92 Å². The molecule has 1 atom stereocenters. The number of nitrogens with one attached hydrogen (secondary N) is 1. The Labute approximate surface area is 101 Å². The van der Waals surface area contributed by atoms with E-state index in [4.69, 9.17) is 4.74 Å². The fourth-order valence-electron chi connectivity index (χ4n) is 1.89. The van der Waals surface area contributed by atoms with Crippen LogP contribution in [-0.2, 0) is 16.0 Å². The first kappa shape index (κ1) is 12.0. The summed E-state index contributed by atoms with van der Waals surface area (Å²) < 4.78 is 5.26. The third-order valence-electron chi connectivity index (χ3n) is 2.98. The van der Waals surface area contributed by atoms with Crippen molar-refractivity contribution in [2.24, 2.45) is 5.92 Å². The SMILES string of the molecule is O=C(CCc1cccnc1)NCC1CCOC1. The Hall–Kier alpha value is -1.42. The number of ether oxygens (including phenoxy) is 1. The Kier molecular flexibility index (Phi) is 4.50. The van der Waals surface area contributed by atoms with Crippen LogP contribution in [0.15, 0.2) is 24.5 Å². The van der Waals surface area contributed by atoms with E-state index in [9.17, 15) is 4.79 Å². The van der Waals surface area contributed by atoms with E-state index in [0.29, 0.717) is 12.3 Å². The van der Waals surface area contributed by atoms with E-state index in [1.807, 2.05) is 12.1 Å². The predicted octanol–water partition coefficient (Wildman–Crippen LogP) is 1.17. The number of aryl methyl sites for hydroxylation is 1. The molecule has 92 valence electrons. The molecule has 1 fully saturated rings. The minimum absolute atomic E-state index is 0.112. The molecule has 0 radical (unpaired) electrons. The fraction of sp³-hybridized carbons (Fsp3) is 0.538. The molecule has 2 rings (SSSR count). The third kappa shape index (κ3) is 4.15. The van der Waals surface area contributed by atoms with E-state index in [1.165, 1.54) is 0 Å². The van der Waals surface area contributed by atoms with Crippen molar-refractivity contribution in [2.75, 3.05) is 19.8 Å². The van der Waals surface area contributed by atoms with Crippen molar-refractivity contribution in [3.8, 4) is 0 Å². The third-order valence-corrected chi connectivity index (χ3v) is 2.98. The summed E-state index contributed by atoms with van der Waals surface area (Å²) in [7, 11) is 0. The van der Waals surface area contributed by atoms with E-state index in [0.717, 1.165) is 38.2 Å². The number of hydrogen-bond acceptors (Lipinski definition) is 3. The summed E-state index contributed by atoms with van der Waals surface area (Å²) >= 11 is 0. The zero-order valence-electron chi connectivity index (χ0n) is 9.89. The zero-order chi connectivity index (χ0) is 11.9. The van der Waals surface area contributed by atoms with E-state index in [1.54, 1.807) is 12.4 Å². The van der Waals surface area contributed by atoms with Gasteiger partial charge >= 0.3 is 0 Å². The molecule has 1 saturated heterocycles. The number of pyridine rings is 1. The molecule has 1 aromatic heterocycles. The molecule has 2 heterocycles. The molecule has 0 spiro atoms. The van der Waals surface area contributed by atoms with Gasteiger partial charge in [-0.3, -0.25) is 9.78 Å². The fourth-order valence-corrected chi connectivity index (χ4v) is 1.89. The quantitative estimate of drug-likeness (QED) is 0.832. The molecule has 0 bridgehead atoms. The number of aromatic nitrogens is 1. The van der Waals surface area contributed by atoms with Gasteiger partial charge < -0.3 is 10.1 Å². The standard InChI is InChI=1S/C13H18N2O2/c16-13(15-9-12-5-7-17-10-12)4-3-11-2-1-6-14-8-11/h1-2,6,8,12H,3-5,7,9-10H2,(H,15,16). The minimum atomic E-state index is 0.112. The second-order valence-electron chi connectivity index (χ2n) is 4.39. The van der Waals surface area contributed by atoms with Gasteiger partial charge in [0.2, 0.25) is 5.91 Å². The normalized spacial score (nSPS) is 19.2. The van der Waals surface area contributed by atoms with Crippen LogP contribution in [-0.4, -0.2) is 30.6 Å². The molecular weight excluding hydrogens is 216 g/mol. The number of hydrogen-bond donors (Lipinski definition) is 1. The summed E-state index contributed by atoms with van der Waals surface area (Å²) in [6.45, 7) is 2.35. The second-order valence-corrected chi connectivity index (χ2v) is 4.39. The molecular formula is C13H18N2O2. The van der Waals surface area contributed by atoms with Gasteiger partial charge in [-0.25, -0.2) is 0 Å². The minimum Gasteiger partial charge on any atom is -0.381 e. The lowest BCUT2D eigenvalue weighted by molar-refractivity contribution is -0.121. The van der Waals surface area contributed by atoms with E-state index in [2.05, 4.69) is 10.3 Å². The van der Waals surface area contributed by atoms with Crippen LogP contribution in [0.1, 0.15) is 18.4 Å². The van der Waals surface area contributed by atoms with Gasteiger partial charge in [0.05, 0.1) is 6.61 Å². The van der Waals surface area contributed by atoms with Gasteiger partial charge in [0, 0.05) is 37.9 Å². The van der Waals surface area contributed by atoms with Gasteiger partial charge in [0.25, 0.3) is 0 Å². The smallest absolute Gasteiger partial charge is 0.220 e. The lowest BCUT2D eigenvalue weighted by Crippen LogP contribution is -2.29. The molecule has 17 heavy (non-hydrogen) atoms. The average molecular weight is 234 g/mol. The van der Waals surface area contributed by atoms with Crippen molar-refractivity contribution in [3.63, 3.8) is 0 Å². The van der Waals surface area contributed by atoms with Crippen molar-refractivity contribution in [1.82, 2.24) is 10.3 Å². The number of carbonyl (C=O) groups excluding carboxylic acids is 1. The van der Waals surface area contributed by atoms with Crippen LogP contribution in [0.25, 0.3) is 0 Å². The topological polar surface area (TPSA) is 51.2 Å². The molecule has 0 saturated carbocycles. The molecule has 4 nitrogen and oxygen atoms in total. The first-order chi connectivity index (χ1) is 8.34. The molecule has 4 heteroatoms. The zero-order valence-corrected chi connectivity index (χ0v) is 9.89. The summed E-state index contributed by atoms with van der Waals surface area (Å²) in [5.41, 5.74) is 1.10. The van der Waals surface area contributed by atoms with Crippen LogP contribution in [0.3, 0.4) is 0 Å². The van der Waals surface area contributed by atoms with Gasteiger partial charge in [-0.15, -0.1) is 0 Å². The van der Waals surface area contributed by atoms with E-state index in [-0.39, 0.29) is 5.91 Å². The summed E-state index contributed by atoms with van der Waals surface area (Å²) in [6, 6.07) is 3.88. The molecule has 1 amide bonds. The van der Waals surface area contributed by atoms with Crippen LogP contribution in [0.2, 0.25) is 0 Å². The highest BCUT2D eigenvalue weighted by molar-refractivity contribution is 5.76. The van der Waals surface area contributed by atoms with Crippen LogP contribution < -0.4 is 5.32 Å². The number of nitrogens with zero attached hydrogens (tertiary/aromatic N) is 1. The Balaban J connectivity index is 1.64. The van der Waals surface area contributed by atoms with Gasteiger partial charge in [-0.05, 0) is 24.5 Å². The average Bonchev–Trinajstić information content (AvgIpc) is 2.88. The van der Waals surface area contributed by atoms with Crippen molar-refractivity contribution >= 4 is 5.91 Å². The predicted molar refractivity (Wildman–Crippen MR) is 64.5 cm³/mol. The van der Waals surface area contributed by atoms with Gasteiger partial charge in [0.1, 0.15) is 0 Å². The molecule has 0 aromatic carbocycles. The van der Waals surface area contributed by atoms with Crippen LogP contribution >= 0.6 is 0 Å². The monoisotopic (exact) mass is 234 g/mol. The van der Waals surface area contributed by atoms with Crippen LogP contribution in [0.5, 0.6) is 0 Å². The van der Waals surface area contributed by atoms with Crippen molar-refractivity contribution in [3.05, 3.63) is 30.1 Å². The molecule has 1 aliphatic rings. The van der Waals surface area contributed by atoms with Crippen molar-refractivity contribution in [2.45, 2.75) is 19.3 Å². The molecule has 1 aromatic rings. The Morgan fingerprint density at radius 1 is 1.59 bits per heavy atom. The first-order valence-corrected chi connectivity index (χ1v) is 6.08. The van der Waals surface area contributed by atoms with Crippen LogP contribution in [0.4, 0.5) is 0 Å². The van der Waals surface area contributed by atoms with Gasteiger partial charge in [-0.1, -0.05) is 6.07 Å². The molecule has 1 N–H and O–H groups in total. The summed E-state index contributed by atoms with van der Waals surface area (Å²) in [5.74, 6) is 0.609. The highest BCUT2D eigenvalue weighted by Gasteiger charge is 2.15. The number of amides is 1. The maximum atomic E-state index is 11.6. The summed E-state index contributed by atoms with van der Waals surface area (Å²) in [4.78, 5) is 15.6. The van der Waals surface area contributed by atoms with Crippen molar-refractivity contribution in [1.29, 1.82) is 0 Å². The summed E-state index contributed by atoms with van der Waals surface area (Å²) in [6.07, 6.45) is 5.88. The van der Waals surface area contributed by atoms with E-state index >= 15 is 0 Å². The van der Waals surface area contributed by atoms with Gasteiger partial charge in [-0.2, -0.15) is 0 Å². The second kappa shape index (κ2) is 6.35. The van der Waals surface area contributed by atoms with Gasteiger partial charge in [0.15, 0.2) is 0 Å². The number of rotatable bonds is 5. The maximum absolute atomic E-state index is 11.6.